The Bertz CT molecular complexity index is 762. The lowest BCUT2D eigenvalue weighted by molar-refractivity contribution is -0.121. The number of hydrogen-bond donors (Lipinski definition) is 2. The molecular formula is C17H15FN2O4. The van der Waals surface area contributed by atoms with Crippen molar-refractivity contribution in [3.8, 4) is 5.75 Å². The number of urea groups is 1. The number of carbonyl (C=O) groups excluding carboxylic acids is 3. The zero-order valence-corrected chi connectivity index (χ0v) is 12.8. The number of ether oxygens (including phenoxy) is 1. The van der Waals surface area contributed by atoms with Crippen LogP contribution in [0.25, 0.3) is 0 Å². The van der Waals surface area contributed by atoms with Crippen LogP contribution in [0.2, 0.25) is 0 Å². The normalized spacial score (nSPS) is 9.92. The Labute approximate surface area is 137 Å². The van der Waals surface area contributed by atoms with Gasteiger partial charge in [0.25, 0.3) is 5.91 Å². The van der Waals surface area contributed by atoms with E-state index in [1.165, 1.54) is 13.0 Å². The molecule has 0 aliphatic rings. The van der Waals surface area contributed by atoms with E-state index in [1.807, 2.05) is 0 Å². The van der Waals surface area contributed by atoms with Gasteiger partial charge in [0.15, 0.2) is 12.4 Å². The van der Waals surface area contributed by atoms with Crippen molar-refractivity contribution in [1.82, 2.24) is 5.32 Å². The minimum Gasteiger partial charge on any atom is -0.483 e. The van der Waals surface area contributed by atoms with Gasteiger partial charge in [-0.3, -0.25) is 14.9 Å². The first-order chi connectivity index (χ1) is 11.5. The van der Waals surface area contributed by atoms with E-state index < -0.39 is 30.1 Å². The van der Waals surface area contributed by atoms with Crippen molar-refractivity contribution in [2.75, 3.05) is 11.9 Å². The summed E-state index contributed by atoms with van der Waals surface area (Å²) in [4.78, 5) is 34.8. The van der Waals surface area contributed by atoms with Crippen LogP contribution in [0.4, 0.5) is 14.9 Å². The Kier molecular flexibility index (Phi) is 5.62. The van der Waals surface area contributed by atoms with Crippen molar-refractivity contribution in [2.24, 2.45) is 0 Å². The third-order valence-corrected chi connectivity index (χ3v) is 2.96. The topological polar surface area (TPSA) is 84.5 Å². The molecule has 2 N–H and O–H groups in total. The molecule has 0 unspecified atom stereocenters. The molecule has 0 saturated heterocycles. The van der Waals surface area contributed by atoms with E-state index >= 15 is 0 Å². The smallest absolute Gasteiger partial charge is 0.325 e. The molecule has 6 nitrogen and oxygen atoms in total. The lowest BCUT2D eigenvalue weighted by Crippen LogP contribution is -2.37. The second kappa shape index (κ2) is 7.87. The third kappa shape index (κ3) is 4.91. The number of halogens is 1. The van der Waals surface area contributed by atoms with Crippen LogP contribution in [0.3, 0.4) is 0 Å². The van der Waals surface area contributed by atoms with Crippen molar-refractivity contribution >= 4 is 23.4 Å². The van der Waals surface area contributed by atoms with Gasteiger partial charge in [0, 0.05) is 5.69 Å². The minimum absolute atomic E-state index is 0.0246. The maximum atomic E-state index is 13.1. The van der Waals surface area contributed by atoms with Crippen LogP contribution in [-0.4, -0.2) is 24.3 Å². The number of amides is 3. The summed E-state index contributed by atoms with van der Waals surface area (Å²) in [6.07, 6.45) is 0. The molecule has 0 aliphatic heterocycles. The number of carbonyl (C=O) groups is 3. The SMILES string of the molecule is CC(=O)c1cc(F)ccc1OCC(=O)NC(=O)Nc1ccccc1. The summed E-state index contributed by atoms with van der Waals surface area (Å²) < 4.78 is 18.3. The maximum absolute atomic E-state index is 13.1. The number of rotatable bonds is 5. The highest BCUT2D eigenvalue weighted by molar-refractivity contribution is 6.01. The summed E-state index contributed by atoms with van der Waals surface area (Å²) in [7, 11) is 0. The molecule has 2 aromatic carbocycles. The second-order valence-electron chi connectivity index (χ2n) is 4.85. The molecule has 0 aromatic heterocycles. The molecule has 2 aromatic rings. The summed E-state index contributed by atoms with van der Waals surface area (Å²) in [5, 5.41) is 4.56. The van der Waals surface area contributed by atoms with Crippen molar-refractivity contribution in [2.45, 2.75) is 6.92 Å². The second-order valence-corrected chi connectivity index (χ2v) is 4.85. The highest BCUT2D eigenvalue weighted by Gasteiger charge is 2.13. The van der Waals surface area contributed by atoms with E-state index in [2.05, 4.69) is 10.6 Å². The number of para-hydroxylation sites is 1. The molecule has 0 fully saturated rings. The molecule has 0 heterocycles. The Hall–Kier alpha value is -3.22. The molecule has 7 heteroatoms. The molecular weight excluding hydrogens is 315 g/mol. The van der Waals surface area contributed by atoms with Crippen LogP contribution in [0.15, 0.2) is 48.5 Å². The molecule has 0 radical (unpaired) electrons. The van der Waals surface area contributed by atoms with Gasteiger partial charge < -0.3 is 10.1 Å². The van der Waals surface area contributed by atoms with E-state index in [1.54, 1.807) is 30.3 Å². The maximum Gasteiger partial charge on any atom is 0.325 e. The number of ketones is 1. The standard InChI is InChI=1S/C17H15FN2O4/c1-11(21)14-9-12(18)7-8-15(14)24-10-16(22)20-17(23)19-13-5-3-2-4-6-13/h2-9H,10H2,1H3,(H2,19,20,22,23). The number of benzene rings is 2. The van der Waals surface area contributed by atoms with E-state index in [0.29, 0.717) is 5.69 Å². The van der Waals surface area contributed by atoms with Crippen molar-refractivity contribution in [1.29, 1.82) is 0 Å². The average molecular weight is 330 g/mol. The quantitative estimate of drug-likeness (QED) is 0.826. The van der Waals surface area contributed by atoms with Gasteiger partial charge in [0.2, 0.25) is 0 Å². The van der Waals surface area contributed by atoms with Crippen LogP contribution >= 0.6 is 0 Å². The number of nitrogens with one attached hydrogen (secondary N) is 2. The largest absolute Gasteiger partial charge is 0.483 e. The average Bonchev–Trinajstić information content (AvgIpc) is 2.54. The lowest BCUT2D eigenvalue weighted by atomic mass is 10.1. The van der Waals surface area contributed by atoms with Crippen LogP contribution in [0, 0.1) is 5.82 Å². The molecule has 0 saturated carbocycles. The van der Waals surface area contributed by atoms with Crippen LogP contribution < -0.4 is 15.4 Å². The van der Waals surface area contributed by atoms with Crippen molar-refractivity contribution < 1.29 is 23.5 Å². The highest BCUT2D eigenvalue weighted by Crippen LogP contribution is 2.20. The van der Waals surface area contributed by atoms with E-state index in [0.717, 1.165) is 12.1 Å². The fourth-order valence-electron chi connectivity index (χ4n) is 1.89. The Balaban J connectivity index is 1.89. The number of hydrogen-bond acceptors (Lipinski definition) is 4. The summed E-state index contributed by atoms with van der Waals surface area (Å²) in [6, 6.07) is 11.3. The zero-order valence-electron chi connectivity index (χ0n) is 12.8. The Morgan fingerprint density at radius 2 is 1.79 bits per heavy atom. The van der Waals surface area contributed by atoms with E-state index in [9.17, 15) is 18.8 Å². The molecule has 0 spiro atoms. The number of Topliss-reactive ketones (excluding diaryl/α,β-unsaturated/α-hetero) is 1. The first-order valence-corrected chi connectivity index (χ1v) is 7.05. The van der Waals surface area contributed by atoms with Gasteiger partial charge in [0.05, 0.1) is 5.56 Å². The van der Waals surface area contributed by atoms with Crippen LogP contribution in [0.1, 0.15) is 17.3 Å². The Morgan fingerprint density at radius 1 is 1.08 bits per heavy atom. The number of anilines is 1. The monoisotopic (exact) mass is 330 g/mol. The first kappa shape index (κ1) is 17.1. The Morgan fingerprint density at radius 3 is 2.46 bits per heavy atom. The van der Waals surface area contributed by atoms with Gasteiger partial charge in [0.1, 0.15) is 11.6 Å². The summed E-state index contributed by atoms with van der Waals surface area (Å²) in [5.74, 6) is -1.62. The predicted octanol–water partition coefficient (Wildman–Crippen LogP) is 2.76. The van der Waals surface area contributed by atoms with Gasteiger partial charge >= 0.3 is 6.03 Å². The molecule has 0 bridgehead atoms. The first-order valence-electron chi connectivity index (χ1n) is 7.05. The zero-order chi connectivity index (χ0) is 17.5. The van der Waals surface area contributed by atoms with Crippen LogP contribution in [-0.2, 0) is 4.79 Å². The molecule has 2 rings (SSSR count). The van der Waals surface area contributed by atoms with Crippen molar-refractivity contribution in [3.63, 3.8) is 0 Å². The van der Waals surface area contributed by atoms with Crippen molar-refractivity contribution in [3.05, 3.63) is 59.9 Å². The van der Waals surface area contributed by atoms with E-state index in [4.69, 9.17) is 4.74 Å². The molecule has 0 atom stereocenters. The van der Waals surface area contributed by atoms with Gasteiger partial charge in [-0.15, -0.1) is 0 Å². The third-order valence-electron chi connectivity index (χ3n) is 2.96. The molecule has 0 aliphatic carbocycles. The summed E-state index contributed by atoms with van der Waals surface area (Å²) in [5.41, 5.74) is 0.553. The van der Waals surface area contributed by atoms with Gasteiger partial charge in [-0.1, -0.05) is 18.2 Å². The van der Waals surface area contributed by atoms with Gasteiger partial charge in [-0.25, -0.2) is 9.18 Å². The molecule has 24 heavy (non-hydrogen) atoms. The molecule has 3 amide bonds. The summed E-state index contributed by atoms with van der Waals surface area (Å²) >= 11 is 0. The van der Waals surface area contributed by atoms with Gasteiger partial charge in [-0.05, 0) is 37.3 Å². The fourth-order valence-corrected chi connectivity index (χ4v) is 1.89. The van der Waals surface area contributed by atoms with E-state index in [-0.39, 0.29) is 11.3 Å². The lowest BCUT2D eigenvalue weighted by Gasteiger charge is -2.10. The number of imide groups is 1. The summed E-state index contributed by atoms with van der Waals surface area (Å²) in [6.45, 7) is 0.767. The van der Waals surface area contributed by atoms with Gasteiger partial charge in [-0.2, -0.15) is 0 Å². The minimum atomic E-state index is -0.708. The highest BCUT2D eigenvalue weighted by atomic mass is 19.1. The predicted molar refractivity (Wildman–Crippen MR) is 85.5 cm³/mol. The fraction of sp³-hybridized carbons (Fsp3) is 0.118. The molecule has 124 valence electrons. The van der Waals surface area contributed by atoms with Crippen LogP contribution in [0.5, 0.6) is 5.75 Å².